The van der Waals surface area contributed by atoms with Crippen molar-refractivity contribution >= 4 is 136 Å². The largest absolute Gasteiger partial charge is 0.508 e. The van der Waals surface area contributed by atoms with Crippen LogP contribution in [0.4, 0.5) is 4.79 Å². The molecule has 1 fully saturated rings. The maximum absolute atomic E-state index is 15.3. The van der Waals surface area contributed by atoms with Crippen LogP contribution in [-0.4, -0.2) is 225 Å². The highest BCUT2D eigenvalue weighted by atomic mass is 32.1. The number of aromatic hydroxyl groups is 1. The van der Waals surface area contributed by atoms with Gasteiger partial charge >= 0.3 is 18.0 Å². The SMILES string of the molecule is C[C@@H](O)[C@@H]1NC(=O)[C@@H](CC(=O)[C@H](CS)NC(=O)CN)Cn2cc(nn2)CCC[C@@H](C(=O)C[C@@H](Cc2ccc(O)cc2)C(=O)O)NC(=O)[C@H](CCC(N)=O)CC(=O)[C@H](Cc2c[nH]c3ccccc23)NC(=O)[C@H](CCCNC(N)=O)CC(=O)[C@H](CS)NC(=O)[C@H](CCCN=C(N)N)CC(=O)[C@@H]2CCCN2C(=O)[C@H](CC(=O)O)CC1=O. The molecule has 2 aromatic carbocycles. The van der Waals surface area contributed by atoms with E-state index in [1.165, 1.54) is 30.5 Å². The number of carboxylic acid groups (broad SMARTS) is 2. The molecule has 113 heavy (non-hydrogen) atoms. The van der Waals surface area contributed by atoms with Crippen molar-refractivity contribution in [2.45, 2.75) is 184 Å². The number of fused-ring (bicyclic) bond motifs is 4. The summed E-state index contributed by atoms with van der Waals surface area (Å²) in [5, 5.41) is 66.3. The molecule has 616 valence electrons. The highest BCUT2D eigenvalue weighted by molar-refractivity contribution is 7.80. The number of thiol groups is 2. The molecule has 0 aliphatic carbocycles. The maximum Gasteiger partial charge on any atom is 0.312 e. The Bertz CT molecular complexity index is 4090. The summed E-state index contributed by atoms with van der Waals surface area (Å²) in [5.41, 5.74) is 29.5. The fourth-order valence-corrected chi connectivity index (χ4v) is 14.4. The highest BCUT2D eigenvalue weighted by Crippen LogP contribution is 2.30. The molecule has 0 radical (unpaired) electrons. The molecule has 6 rings (SSSR count). The zero-order valence-electron chi connectivity index (χ0n) is 62.7. The number of amides is 9. The van der Waals surface area contributed by atoms with E-state index in [9.17, 15) is 82.8 Å². The minimum atomic E-state index is -1.89. The van der Waals surface area contributed by atoms with Gasteiger partial charge in [-0.25, -0.2) is 4.79 Å². The Balaban J connectivity index is 1.48. The Labute approximate surface area is 661 Å². The molecular formula is C74H103N17O20S2. The molecule has 2 aromatic heterocycles. The van der Waals surface area contributed by atoms with E-state index in [1.54, 1.807) is 30.5 Å². The van der Waals surface area contributed by atoms with Crippen molar-refractivity contribution in [3.8, 4) is 5.75 Å². The Morgan fingerprint density at radius 1 is 0.726 bits per heavy atom. The van der Waals surface area contributed by atoms with Crippen molar-refractivity contribution in [2.24, 2.45) is 69.2 Å². The fraction of sp³-hybridized carbons (Fsp3) is 0.554. The first kappa shape index (κ1) is 91.2. The Hall–Kier alpha value is -10.7. The number of aryl methyl sites for hydroxylation is 1. The van der Waals surface area contributed by atoms with Gasteiger partial charge in [0.1, 0.15) is 11.8 Å². The van der Waals surface area contributed by atoms with Crippen LogP contribution in [0, 0.1) is 35.5 Å². The Kier molecular flexibility index (Phi) is 36.4. The fourth-order valence-electron chi connectivity index (χ4n) is 13.8. The molecule has 0 saturated carbocycles. The third-order valence-corrected chi connectivity index (χ3v) is 20.7. The molecule has 2 aliphatic rings. The smallest absolute Gasteiger partial charge is 0.312 e. The summed E-state index contributed by atoms with van der Waals surface area (Å²) in [7, 11) is 0. The van der Waals surface area contributed by atoms with Gasteiger partial charge in [0.05, 0.1) is 79.3 Å². The number of hydrogen-bond acceptors (Lipinski definition) is 24. The summed E-state index contributed by atoms with van der Waals surface area (Å²) in [5.74, 6) is -24.1. The first-order valence-corrected chi connectivity index (χ1v) is 38.6. The summed E-state index contributed by atoms with van der Waals surface area (Å²) in [6.45, 7) is -0.174. The number of phenolic OH excluding ortho intramolecular Hbond substituents is 1. The van der Waals surface area contributed by atoms with Gasteiger partial charge in [0, 0.05) is 124 Å². The molecule has 4 heterocycles. The van der Waals surface area contributed by atoms with E-state index < -0.39 is 243 Å². The van der Waals surface area contributed by atoms with E-state index >= 15 is 14.4 Å². The Morgan fingerprint density at radius 2 is 1.35 bits per heavy atom. The molecule has 13 atom stereocenters. The summed E-state index contributed by atoms with van der Waals surface area (Å²) < 4.78 is 1.15. The van der Waals surface area contributed by atoms with Crippen LogP contribution in [-0.2, 0) is 97.7 Å². The quantitative estimate of drug-likeness (QED) is 0.0130. The predicted octanol–water partition coefficient (Wildman–Crippen LogP) is -1.32. The number of carboxylic acids is 2. The number of phenols is 1. The number of para-hydroxylation sites is 1. The van der Waals surface area contributed by atoms with Crippen molar-refractivity contribution in [2.75, 3.05) is 37.7 Å². The van der Waals surface area contributed by atoms with Gasteiger partial charge in [0.15, 0.2) is 40.7 Å². The lowest BCUT2D eigenvalue weighted by atomic mass is 9.88. The number of ketones is 6. The van der Waals surface area contributed by atoms with Crippen LogP contribution < -0.4 is 60.6 Å². The Morgan fingerprint density at radius 3 is 1.98 bits per heavy atom. The van der Waals surface area contributed by atoms with Crippen molar-refractivity contribution < 1.29 is 97.1 Å². The van der Waals surface area contributed by atoms with E-state index in [-0.39, 0.29) is 119 Å². The predicted molar refractivity (Wildman–Crippen MR) is 413 cm³/mol. The second-order valence-electron chi connectivity index (χ2n) is 28.6. The average molecular weight is 1610 g/mol. The van der Waals surface area contributed by atoms with E-state index in [0.29, 0.717) is 22.0 Å². The van der Waals surface area contributed by atoms with Crippen molar-refractivity contribution in [3.63, 3.8) is 0 Å². The zero-order valence-corrected chi connectivity index (χ0v) is 64.5. The van der Waals surface area contributed by atoms with Gasteiger partial charge in [-0.05, 0) is 107 Å². The van der Waals surface area contributed by atoms with E-state index in [4.69, 9.17) is 28.7 Å². The lowest BCUT2D eigenvalue weighted by molar-refractivity contribution is -0.148. The minimum Gasteiger partial charge on any atom is -0.508 e. The van der Waals surface area contributed by atoms with Gasteiger partial charge in [-0.15, -0.1) is 5.10 Å². The van der Waals surface area contributed by atoms with Gasteiger partial charge in [-0.1, -0.05) is 35.5 Å². The van der Waals surface area contributed by atoms with E-state index in [1.807, 2.05) is 0 Å². The van der Waals surface area contributed by atoms with Gasteiger partial charge in [-0.2, -0.15) is 25.3 Å². The van der Waals surface area contributed by atoms with Crippen LogP contribution in [0.5, 0.6) is 5.75 Å². The first-order valence-electron chi connectivity index (χ1n) is 37.3. The number of carbonyl (C=O) groups is 16. The second-order valence-corrected chi connectivity index (χ2v) is 29.3. The van der Waals surface area contributed by atoms with Crippen LogP contribution in [0.2, 0.25) is 0 Å². The number of aromatic nitrogens is 4. The second kappa shape index (κ2) is 45.1. The van der Waals surface area contributed by atoms with Crippen molar-refractivity contribution in [3.05, 3.63) is 77.7 Å². The normalized spacial score (nSPS) is 22.8. The van der Waals surface area contributed by atoms with Crippen molar-refractivity contribution in [1.29, 1.82) is 0 Å². The van der Waals surface area contributed by atoms with Crippen LogP contribution in [0.25, 0.3) is 10.9 Å². The number of Topliss-reactive ketones (excluding diaryl/α,β-unsaturated/α-hetero) is 6. The number of aliphatic hydroxyl groups is 1. The molecule has 39 heteroatoms. The number of benzene rings is 2. The monoisotopic (exact) mass is 1610 g/mol. The summed E-state index contributed by atoms with van der Waals surface area (Å²) in [4.78, 5) is 233. The molecule has 9 amide bonds. The zero-order chi connectivity index (χ0) is 83.2. The topological polar surface area (TPSA) is 618 Å². The summed E-state index contributed by atoms with van der Waals surface area (Å²) in [6, 6.07) is 2.60. The number of urea groups is 1. The molecule has 0 spiro atoms. The van der Waals surface area contributed by atoms with Gasteiger partial charge in [0.25, 0.3) is 0 Å². The molecule has 2 aliphatic heterocycles. The third kappa shape index (κ3) is 29.1. The molecule has 21 N–H and O–H groups in total. The first-order chi connectivity index (χ1) is 53.7. The van der Waals surface area contributed by atoms with Crippen LogP contribution >= 0.6 is 25.3 Å². The number of guanidine groups is 1. The number of aromatic amines is 1. The molecular weight excluding hydrogens is 1510 g/mol. The minimum absolute atomic E-state index is 0.0164. The summed E-state index contributed by atoms with van der Waals surface area (Å²) >= 11 is 8.63. The third-order valence-electron chi connectivity index (χ3n) is 19.9. The molecule has 0 unspecified atom stereocenters. The lowest BCUT2D eigenvalue weighted by Crippen LogP contribution is -2.52. The number of carbonyl (C=O) groups excluding carboxylic acids is 14. The van der Waals surface area contributed by atoms with Gasteiger partial charge in [0.2, 0.25) is 41.4 Å². The number of nitrogens with one attached hydrogen (secondary N) is 7. The number of H-pyrrole nitrogens is 1. The number of aliphatic hydroxyl groups excluding tert-OH is 1. The molecule has 1 saturated heterocycles. The number of aliphatic imine (C=N–C) groups is 1. The summed E-state index contributed by atoms with van der Waals surface area (Å²) in [6.07, 6.45) is -5.73. The number of primary amides is 2. The van der Waals surface area contributed by atoms with Crippen molar-refractivity contribution in [1.82, 2.24) is 56.8 Å². The molecule has 37 nitrogen and oxygen atoms in total. The lowest BCUT2D eigenvalue weighted by Gasteiger charge is -2.30. The highest BCUT2D eigenvalue weighted by Gasteiger charge is 2.43. The maximum atomic E-state index is 15.3. The van der Waals surface area contributed by atoms with Gasteiger partial charge < -0.3 is 90.9 Å². The number of nitrogens with two attached hydrogens (primary N) is 5. The number of hydrogen-bond donors (Lipinski definition) is 18. The van der Waals surface area contributed by atoms with E-state index in [2.05, 4.69) is 77.4 Å². The number of rotatable bonds is 29. The number of aliphatic carboxylic acids is 2. The van der Waals surface area contributed by atoms with Gasteiger partial charge in [-0.3, -0.25) is 81.6 Å². The standard InChI is InChI=1S/C74H103N17O20S2/c1-39(92)66-62(99)29-44(32-65(102)103)71(108)91-23-7-14-56(91)61(98)28-42(8-5-21-80-73(77)78)68(105)86-55(38-113)59(96)26-41(9-6-22-81-74(79)111)67(104)85-53(25-46-34-82-51-12-3-2-11-50(46)51)58(95)27-43(17-20-63(76)100)69(106)84-52(57(94)30-45(72(109)110)24-40-15-18-49(93)19-16-40)13-4-10-48-36-90(89-88-48)35-47(70(107)87-66)31-60(97)54(37-112)83-64(101)33-75/h2-3,11-12,15-16,18-19,34,36,39,41-45,47,52-56,66,82,92-93,112-113H,4-10,13-14,17,20-33,35,37-38,75H2,1H3,(H2,76,100)(H,83,101)(H,84,106)(H,85,104)(H,86,105)(H,87,107)(H,102,103)(H,109,110)(H4,77,78,80)(H3,79,81,111)/t39-,41-,42-,43-,44+,45-,47+,52+,53+,54+,55+,56+,66+/m1/s1. The van der Waals surface area contributed by atoms with Crippen LogP contribution in [0.3, 0.4) is 0 Å². The average Bonchev–Trinajstić information content (AvgIpc) is 1.67. The van der Waals surface area contributed by atoms with Crippen LogP contribution in [0.1, 0.15) is 133 Å². The number of nitrogens with zero attached hydrogens (tertiary/aromatic N) is 5. The van der Waals surface area contributed by atoms with E-state index in [0.717, 1.165) is 16.5 Å². The molecule has 2 bridgehead atoms. The molecule has 4 aromatic rings. The van der Waals surface area contributed by atoms with Crippen LogP contribution in [0.15, 0.2) is 65.9 Å².